The highest BCUT2D eigenvalue weighted by atomic mass is 19.1. The molecular formula is C17H22FN5O. The minimum absolute atomic E-state index is 0.000628. The Bertz CT molecular complexity index is 723. The maximum absolute atomic E-state index is 13.5. The highest BCUT2D eigenvalue weighted by Crippen LogP contribution is 2.47. The predicted octanol–water partition coefficient (Wildman–Crippen LogP) is 2.30. The first-order valence-corrected chi connectivity index (χ1v) is 8.19. The van der Waals surface area contributed by atoms with Crippen molar-refractivity contribution in [3.8, 4) is 0 Å². The Labute approximate surface area is 140 Å². The van der Waals surface area contributed by atoms with Gasteiger partial charge in [0.2, 0.25) is 5.89 Å². The molecule has 2 aromatic rings. The molecule has 0 atom stereocenters. The Balaban J connectivity index is 1.63. The van der Waals surface area contributed by atoms with Crippen LogP contribution in [0.1, 0.15) is 37.0 Å². The molecule has 2 N–H and O–H groups in total. The number of guanidine groups is 1. The number of hydrogen-bond donors (Lipinski definition) is 2. The van der Waals surface area contributed by atoms with Gasteiger partial charge in [0.1, 0.15) is 12.4 Å². The number of benzene rings is 1. The number of halogens is 1. The Morgan fingerprint density at radius 3 is 2.83 bits per heavy atom. The smallest absolute Gasteiger partial charge is 0.248 e. The highest BCUT2D eigenvalue weighted by Gasteiger charge is 2.44. The maximum Gasteiger partial charge on any atom is 0.248 e. The summed E-state index contributed by atoms with van der Waals surface area (Å²) in [4.78, 5) is 8.60. The predicted molar refractivity (Wildman–Crippen MR) is 89.2 cm³/mol. The van der Waals surface area contributed by atoms with Crippen molar-refractivity contribution in [3.05, 3.63) is 47.4 Å². The van der Waals surface area contributed by atoms with Crippen LogP contribution in [-0.4, -0.2) is 29.2 Å². The molecule has 1 aliphatic carbocycles. The van der Waals surface area contributed by atoms with Crippen molar-refractivity contribution in [1.29, 1.82) is 0 Å². The molecule has 0 radical (unpaired) electrons. The lowest BCUT2D eigenvalue weighted by molar-refractivity contribution is 0.376. The first kappa shape index (κ1) is 16.4. The molecule has 1 aromatic carbocycles. The van der Waals surface area contributed by atoms with E-state index in [1.54, 1.807) is 19.1 Å². The number of aromatic nitrogens is 2. The molecule has 1 fully saturated rings. The van der Waals surface area contributed by atoms with Gasteiger partial charge in [0.05, 0.1) is 0 Å². The quantitative estimate of drug-likeness (QED) is 0.627. The number of aliphatic imine (C=N–C) groups is 1. The molecule has 0 amide bonds. The van der Waals surface area contributed by atoms with Gasteiger partial charge in [-0.15, -0.1) is 0 Å². The zero-order valence-corrected chi connectivity index (χ0v) is 14.0. The van der Waals surface area contributed by atoms with Crippen molar-refractivity contribution in [3.63, 3.8) is 0 Å². The van der Waals surface area contributed by atoms with Crippen LogP contribution >= 0.6 is 0 Å². The normalized spacial score (nSPS) is 16.0. The zero-order chi connectivity index (χ0) is 17.0. The summed E-state index contributed by atoms with van der Waals surface area (Å²) in [6.07, 6.45) is 2.09. The van der Waals surface area contributed by atoms with E-state index >= 15 is 0 Å². The van der Waals surface area contributed by atoms with Crippen LogP contribution in [0.4, 0.5) is 4.39 Å². The van der Waals surface area contributed by atoms with Gasteiger partial charge in [0.15, 0.2) is 11.8 Å². The van der Waals surface area contributed by atoms with Crippen LogP contribution in [0.3, 0.4) is 0 Å². The van der Waals surface area contributed by atoms with Gasteiger partial charge in [-0.05, 0) is 44.4 Å². The molecule has 6 nitrogen and oxygen atoms in total. The lowest BCUT2D eigenvalue weighted by Gasteiger charge is -2.19. The molecule has 128 valence electrons. The van der Waals surface area contributed by atoms with Gasteiger partial charge in [-0.1, -0.05) is 17.3 Å². The highest BCUT2D eigenvalue weighted by molar-refractivity contribution is 5.79. The second-order valence-electron chi connectivity index (χ2n) is 6.07. The van der Waals surface area contributed by atoms with E-state index in [4.69, 9.17) is 4.52 Å². The molecule has 0 aliphatic heterocycles. The number of nitrogens with one attached hydrogen (secondary N) is 2. The molecular weight excluding hydrogens is 309 g/mol. The third kappa shape index (κ3) is 3.90. The molecule has 0 saturated heterocycles. The van der Waals surface area contributed by atoms with Crippen LogP contribution in [0.5, 0.6) is 0 Å². The second kappa shape index (κ2) is 6.98. The summed E-state index contributed by atoms with van der Waals surface area (Å²) in [5.41, 5.74) is 1.04. The monoisotopic (exact) mass is 331 g/mol. The lowest BCUT2D eigenvalue weighted by Crippen LogP contribution is -2.41. The van der Waals surface area contributed by atoms with Gasteiger partial charge < -0.3 is 15.2 Å². The Hall–Kier alpha value is -2.44. The molecule has 7 heteroatoms. The van der Waals surface area contributed by atoms with E-state index in [1.807, 2.05) is 13.0 Å². The molecule has 1 aromatic heterocycles. The Kier molecular flexibility index (Phi) is 4.78. The lowest BCUT2D eigenvalue weighted by atomic mass is 9.96. The van der Waals surface area contributed by atoms with E-state index in [-0.39, 0.29) is 11.2 Å². The van der Waals surface area contributed by atoms with Crippen LogP contribution < -0.4 is 10.6 Å². The fourth-order valence-electron chi connectivity index (χ4n) is 2.68. The largest absolute Gasteiger partial charge is 0.357 e. The minimum Gasteiger partial charge on any atom is -0.357 e. The van der Waals surface area contributed by atoms with Gasteiger partial charge >= 0.3 is 0 Å². The van der Waals surface area contributed by atoms with E-state index in [9.17, 15) is 4.39 Å². The molecule has 0 bridgehead atoms. The van der Waals surface area contributed by atoms with Crippen LogP contribution in [0, 0.1) is 12.7 Å². The second-order valence-corrected chi connectivity index (χ2v) is 6.07. The zero-order valence-electron chi connectivity index (χ0n) is 14.0. The molecule has 1 heterocycles. The number of aryl methyl sites for hydroxylation is 1. The fourth-order valence-corrected chi connectivity index (χ4v) is 2.68. The standard InChI is InChI=1S/C17H22FN5O/c1-3-19-16(20-10-15-22-12(2)23-24-15)21-11-17(7-8-17)13-5-4-6-14(18)9-13/h4-6,9H,3,7-8,10-11H2,1-2H3,(H2,19,20,21). The van der Waals surface area contributed by atoms with Crippen molar-refractivity contribution in [2.45, 2.75) is 38.6 Å². The minimum atomic E-state index is -0.189. The molecule has 1 saturated carbocycles. The van der Waals surface area contributed by atoms with E-state index in [0.29, 0.717) is 30.8 Å². The Morgan fingerprint density at radius 2 is 2.21 bits per heavy atom. The van der Waals surface area contributed by atoms with Crippen molar-refractivity contribution >= 4 is 5.96 Å². The van der Waals surface area contributed by atoms with Crippen molar-refractivity contribution in [2.24, 2.45) is 4.99 Å². The van der Waals surface area contributed by atoms with Gasteiger partial charge in [0, 0.05) is 18.5 Å². The van der Waals surface area contributed by atoms with E-state index < -0.39 is 0 Å². The third-order valence-corrected chi connectivity index (χ3v) is 4.17. The molecule has 1 aliphatic rings. The van der Waals surface area contributed by atoms with Crippen LogP contribution in [0.2, 0.25) is 0 Å². The van der Waals surface area contributed by atoms with Crippen LogP contribution in [-0.2, 0) is 12.0 Å². The molecule has 3 rings (SSSR count). The first-order chi connectivity index (χ1) is 11.6. The number of hydrogen-bond acceptors (Lipinski definition) is 4. The van der Waals surface area contributed by atoms with Gasteiger partial charge in [-0.2, -0.15) is 4.98 Å². The molecule has 0 spiro atoms. The van der Waals surface area contributed by atoms with Crippen molar-refractivity contribution in [2.75, 3.05) is 13.1 Å². The van der Waals surface area contributed by atoms with E-state index in [0.717, 1.165) is 24.9 Å². The van der Waals surface area contributed by atoms with Gasteiger partial charge in [0.25, 0.3) is 0 Å². The summed E-state index contributed by atoms with van der Waals surface area (Å²) in [7, 11) is 0. The summed E-state index contributed by atoms with van der Waals surface area (Å²) in [5.74, 6) is 1.58. The average Bonchev–Trinajstić information content (AvgIpc) is 3.25. The maximum atomic E-state index is 13.5. The van der Waals surface area contributed by atoms with Crippen LogP contribution in [0.15, 0.2) is 33.8 Å². The molecule has 24 heavy (non-hydrogen) atoms. The topological polar surface area (TPSA) is 75.3 Å². The van der Waals surface area contributed by atoms with Crippen molar-refractivity contribution < 1.29 is 8.91 Å². The fraction of sp³-hybridized carbons (Fsp3) is 0.471. The summed E-state index contributed by atoms with van der Waals surface area (Å²) in [6, 6.07) is 6.86. The Morgan fingerprint density at radius 1 is 1.38 bits per heavy atom. The summed E-state index contributed by atoms with van der Waals surface area (Å²) >= 11 is 0. The summed E-state index contributed by atoms with van der Waals surface area (Å²) in [5, 5.41) is 10.3. The third-order valence-electron chi connectivity index (χ3n) is 4.17. The first-order valence-electron chi connectivity index (χ1n) is 8.19. The summed E-state index contributed by atoms with van der Waals surface area (Å²) < 4.78 is 18.5. The van der Waals surface area contributed by atoms with Crippen LogP contribution in [0.25, 0.3) is 0 Å². The SMILES string of the molecule is CCNC(=NCc1nc(C)no1)NCC1(c2cccc(F)c2)CC1. The van der Waals surface area contributed by atoms with E-state index in [1.165, 1.54) is 6.07 Å². The van der Waals surface area contributed by atoms with Gasteiger partial charge in [-0.3, -0.25) is 0 Å². The number of nitrogens with zero attached hydrogens (tertiary/aromatic N) is 3. The number of rotatable bonds is 6. The van der Waals surface area contributed by atoms with E-state index in [2.05, 4.69) is 25.8 Å². The van der Waals surface area contributed by atoms with Gasteiger partial charge in [-0.25, -0.2) is 9.38 Å². The average molecular weight is 331 g/mol. The van der Waals surface area contributed by atoms with Crippen molar-refractivity contribution in [1.82, 2.24) is 20.8 Å². The summed E-state index contributed by atoms with van der Waals surface area (Å²) in [6.45, 7) is 5.57. The molecule has 0 unspecified atom stereocenters.